The van der Waals surface area contributed by atoms with Crippen molar-refractivity contribution in [1.82, 2.24) is 24.0 Å². The summed E-state index contributed by atoms with van der Waals surface area (Å²) in [6.45, 7) is 3.86. The molecule has 5 heterocycles. The average molecular weight is 645 g/mol. The van der Waals surface area contributed by atoms with Gasteiger partial charge in [-0.15, -0.1) is 0 Å². The number of aryl methyl sites for hydroxylation is 1. The molecule has 12 nitrogen and oxygen atoms in total. The van der Waals surface area contributed by atoms with E-state index in [2.05, 4.69) is 20.2 Å². The molecule has 0 spiro atoms. The van der Waals surface area contributed by atoms with E-state index in [1.807, 2.05) is 18.9 Å². The average Bonchev–Trinajstić information content (AvgIpc) is 3.60. The molecule has 1 fully saturated rings. The molecular weight excluding hydrogens is 617 g/mol. The molecule has 0 aliphatic carbocycles. The molecular formula is C29H28ClF3N8O4. The van der Waals surface area contributed by atoms with Gasteiger partial charge in [0, 0.05) is 62.0 Å². The van der Waals surface area contributed by atoms with E-state index in [1.54, 1.807) is 0 Å². The number of benzene rings is 1. The number of amides is 2. The molecule has 6 rings (SSSR count). The molecule has 0 bridgehead atoms. The third-order valence-electron chi connectivity index (χ3n) is 8.19. The zero-order valence-electron chi connectivity index (χ0n) is 24.2. The van der Waals surface area contributed by atoms with Crippen LogP contribution >= 0.6 is 11.6 Å². The third-order valence-corrected chi connectivity index (χ3v) is 8.55. The number of phenols is 1. The summed E-state index contributed by atoms with van der Waals surface area (Å²) in [5, 5.41) is 12.0. The Bertz CT molecular complexity index is 1960. The van der Waals surface area contributed by atoms with Crippen LogP contribution in [0.15, 0.2) is 23.1 Å². The standard InChI is InChI=1S/C29H28ClF3N8O4/c1-13-10-38(2)6-7-40(13)19-9-17(22(30)26(33)36-19)35-20(42)12-39-11-16(14-8-15(27(34)44)25(43)24(32)23(14)31)21-28(39)37-18-4-3-5-41(18)29(21)45/h8-9,11,13,43H,3-7,10,12H2,1-2H3,(H2,34,44)(H,35,36,42)/t13-/m0/s1. The van der Waals surface area contributed by atoms with Crippen molar-refractivity contribution in [1.29, 1.82) is 0 Å². The fourth-order valence-electron chi connectivity index (χ4n) is 6.00. The number of halogens is 4. The first-order valence-electron chi connectivity index (χ1n) is 14.1. The Balaban J connectivity index is 1.41. The number of rotatable bonds is 6. The maximum absolute atomic E-state index is 15.2. The van der Waals surface area contributed by atoms with Crippen molar-refractivity contribution in [3.8, 4) is 16.9 Å². The van der Waals surface area contributed by atoms with Crippen LogP contribution in [0.25, 0.3) is 22.2 Å². The van der Waals surface area contributed by atoms with Crippen LogP contribution in [0, 0.1) is 17.6 Å². The molecule has 0 saturated carbocycles. The van der Waals surface area contributed by atoms with E-state index in [-0.39, 0.29) is 28.3 Å². The van der Waals surface area contributed by atoms with Gasteiger partial charge in [0.05, 0.1) is 16.6 Å². The van der Waals surface area contributed by atoms with Crippen LogP contribution in [0.5, 0.6) is 5.75 Å². The number of primary amides is 1. The largest absolute Gasteiger partial charge is 0.504 e. The summed E-state index contributed by atoms with van der Waals surface area (Å²) in [7, 11) is 1.98. The first kappa shape index (κ1) is 30.4. The number of carbonyl (C=O) groups is 2. The van der Waals surface area contributed by atoms with E-state index in [4.69, 9.17) is 17.3 Å². The number of hydrogen-bond acceptors (Lipinski definition) is 8. The zero-order chi connectivity index (χ0) is 32.3. The van der Waals surface area contributed by atoms with E-state index < -0.39 is 63.4 Å². The number of piperazine rings is 1. The smallest absolute Gasteiger partial charge is 0.263 e. The summed E-state index contributed by atoms with van der Waals surface area (Å²) < 4.78 is 47.4. The highest BCUT2D eigenvalue weighted by Crippen LogP contribution is 2.36. The van der Waals surface area contributed by atoms with Crippen LogP contribution in [-0.4, -0.2) is 73.6 Å². The predicted molar refractivity (Wildman–Crippen MR) is 160 cm³/mol. The predicted octanol–water partition coefficient (Wildman–Crippen LogP) is 2.86. The van der Waals surface area contributed by atoms with E-state index >= 15 is 4.39 Å². The normalized spacial score (nSPS) is 16.8. The SMILES string of the molecule is C[C@H]1CN(C)CCN1c1cc(NC(=O)Cn2cc(-c3cc(C(N)=O)c(O)c(F)c3F)c3c(=O)n4c(nc32)CCC4)c(Cl)c(F)n1. The molecule has 2 aliphatic rings. The number of hydrogen-bond donors (Lipinski definition) is 3. The fraction of sp³-hybridized carbons (Fsp3) is 0.345. The molecule has 4 N–H and O–H groups in total. The first-order chi connectivity index (χ1) is 21.3. The second-order valence-corrected chi connectivity index (χ2v) is 11.6. The van der Waals surface area contributed by atoms with Crippen LogP contribution in [0.3, 0.4) is 0 Å². The summed E-state index contributed by atoms with van der Waals surface area (Å²) in [6.07, 6.45) is 2.32. The van der Waals surface area contributed by atoms with Gasteiger partial charge >= 0.3 is 0 Å². The van der Waals surface area contributed by atoms with Crippen LogP contribution < -0.4 is 21.5 Å². The molecule has 0 radical (unpaired) electrons. The number of nitrogens with zero attached hydrogens (tertiary/aromatic N) is 6. The van der Waals surface area contributed by atoms with Crippen molar-refractivity contribution in [3.63, 3.8) is 0 Å². The molecule has 1 aromatic carbocycles. The minimum atomic E-state index is -1.73. The number of aromatic hydroxyl groups is 1. The second-order valence-electron chi connectivity index (χ2n) is 11.3. The van der Waals surface area contributed by atoms with Crippen molar-refractivity contribution >= 4 is 46.0 Å². The van der Waals surface area contributed by atoms with E-state index in [0.29, 0.717) is 37.6 Å². The van der Waals surface area contributed by atoms with Crippen molar-refractivity contribution in [2.24, 2.45) is 5.73 Å². The Hall–Kier alpha value is -4.63. The number of aromatic nitrogens is 4. The first-order valence-corrected chi connectivity index (χ1v) is 14.5. The Morgan fingerprint density at radius 1 is 1.13 bits per heavy atom. The number of pyridine rings is 1. The summed E-state index contributed by atoms with van der Waals surface area (Å²) >= 11 is 6.18. The van der Waals surface area contributed by atoms with Gasteiger partial charge in [0.2, 0.25) is 17.7 Å². The van der Waals surface area contributed by atoms with Gasteiger partial charge in [-0.1, -0.05) is 11.6 Å². The van der Waals surface area contributed by atoms with Crippen LogP contribution in [0.1, 0.15) is 29.5 Å². The Morgan fingerprint density at radius 3 is 2.60 bits per heavy atom. The lowest BCUT2D eigenvalue weighted by Gasteiger charge is -2.39. The van der Waals surface area contributed by atoms with Gasteiger partial charge in [-0.2, -0.15) is 8.78 Å². The lowest BCUT2D eigenvalue weighted by atomic mass is 10.0. The van der Waals surface area contributed by atoms with Gasteiger partial charge in [-0.25, -0.2) is 14.4 Å². The van der Waals surface area contributed by atoms with Gasteiger partial charge in [-0.05, 0) is 26.5 Å². The van der Waals surface area contributed by atoms with Gasteiger partial charge in [0.25, 0.3) is 11.5 Å². The molecule has 45 heavy (non-hydrogen) atoms. The molecule has 3 aromatic heterocycles. The minimum Gasteiger partial charge on any atom is -0.504 e. The number of fused-ring (bicyclic) bond motifs is 2. The summed E-state index contributed by atoms with van der Waals surface area (Å²) in [6, 6.07) is 2.33. The summed E-state index contributed by atoms with van der Waals surface area (Å²) in [5.41, 5.74) is 3.28. The third kappa shape index (κ3) is 5.25. The quantitative estimate of drug-likeness (QED) is 0.271. The van der Waals surface area contributed by atoms with Crippen LogP contribution in [0.2, 0.25) is 5.02 Å². The monoisotopic (exact) mass is 644 g/mol. The van der Waals surface area contributed by atoms with E-state index in [0.717, 1.165) is 19.2 Å². The van der Waals surface area contributed by atoms with Gasteiger partial charge in [-0.3, -0.25) is 19.0 Å². The lowest BCUT2D eigenvalue weighted by molar-refractivity contribution is -0.116. The number of carbonyl (C=O) groups excluding carboxylic acids is 2. The van der Waals surface area contributed by atoms with E-state index in [9.17, 15) is 28.3 Å². The Labute approximate surface area is 258 Å². The zero-order valence-corrected chi connectivity index (χ0v) is 25.0. The number of nitrogens with one attached hydrogen (secondary N) is 1. The fourth-order valence-corrected chi connectivity index (χ4v) is 6.15. The van der Waals surface area contributed by atoms with Crippen LogP contribution in [-0.2, 0) is 24.3 Å². The van der Waals surface area contributed by atoms with Gasteiger partial charge in [0.15, 0.2) is 11.6 Å². The Morgan fingerprint density at radius 2 is 1.89 bits per heavy atom. The molecule has 1 atom stereocenters. The molecule has 2 amide bonds. The molecule has 1 saturated heterocycles. The minimum absolute atomic E-state index is 0.00534. The highest BCUT2D eigenvalue weighted by molar-refractivity contribution is 6.33. The highest BCUT2D eigenvalue weighted by atomic mass is 35.5. The molecule has 16 heteroatoms. The summed E-state index contributed by atoms with van der Waals surface area (Å²) in [4.78, 5) is 51.4. The van der Waals surface area contributed by atoms with Crippen molar-refractivity contribution in [3.05, 3.63) is 62.7 Å². The van der Waals surface area contributed by atoms with Crippen LogP contribution in [0.4, 0.5) is 24.7 Å². The lowest BCUT2D eigenvalue weighted by Crippen LogP contribution is -2.50. The molecule has 236 valence electrons. The summed E-state index contributed by atoms with van der Waals surface area (Å²) in [5.74, 6) is -6.68. The topological polar surface area (TPSA) is 152 Å². The van der Waals surface area contributed by atoms with Crippen molar-refractivity contribution in [2.75, 3.05) is 36.9 Å². The van der Waals surface area contributed by atoms with Gasteiger partial charge in [0.1, 0.15) is 28.9 Å². The maximum atomic E-state index is 15.2. The van der Waals surface area contributed by atoms with Gasteiger partial charge < -0.3 is 30.5 Å². The van der Waals surface area contributed by atoms with Crippen molar-refractivity contribution < 1.29 is 27.9 Å². The Kier molecular flexibility index (Phi) is 7.69. The second kappa shape index (κ2) is 11.4. The van der Waals surface area contributed by atoms with Crippen molar-refractivity contribution in [2.45, 2.75) is 38.9 Å². The maximum Gasteiger partial charge on any atom is 0.263 e. The highest BCUT2D eigenvalue weighted by Gasteiger charge is 2.29. The molecule has 2 aliphatic heterocycles. The number of nitrogens with two attached hydrogens (primary N) is 1. The molecule has 4 aromatic rings. The number of anilines is 2. The van der Waals surface area contributed by atoms with E-state index in [1.165, 1.54) is 21.4 Å². The number of likely N-dealkylation sites (N-methyl/N-ethyl adjacent to an activating group) is 1. The molecule has 0 unspecified atom stereocenters.